The molecule has 4 heteroatoms. The number of hydrogen-bond acceptors (Lipinski definition) is 3. The number of nitrogens with two attached hydrogens (primary N) is 1. The highest BCUT2D eigenvalue weighted by molar-refractivity contribution is 6.04. The Morgan fingerprint density at radius 3 is 2.09 bits per heavy atom. The molecular weight excluding hydrogens is 286 g/mol. The molecule has 2 aromatic carbocycles. The van der Waals surface area contributed by atoms with Gasteiger partial charge in [-0.25, -0.2) is 0 Å². The van der Waals surface area contributed by atoms with Gasteiger partial charge >= 0.3 is 0 Å². The summed E-state index contributed by atoms with van der Waals surface area (Å²) in [6, 6.07) is 18.9. The maximum atomic E-state index is 12.2. The molecule has 4 nitrogen and oxygen atoms in total. The molecule has 1 heterocycles. The first-order valence-electron chi connectivity index (χ1n) is 7.37. The largest absolute Gasteiger partial charge is 0.326 e. The summed E-state index contributed by atoms with van der Waals surface area (Å²) in [6.45, 7) is 0.471. The van der Waals surface area contributed by atoms with E-state index in [4.69, 9.17) is 5.73 Å². The van der Waals surface area contributed by atoms with Gasteiger partial charge in [-0.1, -0.05) is 24.3 Å². The Kier molecular flexibility index (Phi) is 4.45. The molecule has 1 aromatic heterocycles. The quantitative estimate of drug-likeness (QED) is 0.775. The van der Waals surface area contributed by atoms with Crippen LogP contribution >= 0.6 is 0 Å². The van der Waals surface area contributed by atoms with Crippen LogP contribution in [0.1, 0.15) is 15.9 Å². The second kappa shape index (κ2) is 6.85. The standard InChI is InChI=1S/C19H17N3O/c20-13-14-1-3-17(4-2-14)19(23)22-18-7-5-15(6-8-18)16-9-11-21-12-10-16/h1-12H,13,20H2,(H,22,23). The minimum absolute atomic E-state index is 0.134. The normalized spacial score (nSPS) is 10.3. The zero-order valence-electron chi connectivity index (χ0n) is 12.6. The van der Waals surface area contributed by atoms with Crippen LogP contribution in [0.2, 0.25) is 0 Å². The van der Waals surface area contributed by atoms with E-state index in [1.165, 1.54) is 0 Å². The summed E-state index contributed by atoms with van der Waals surface area (Å²) in [5.41, 5.74) is 10.1. The van der Waals surface area contributed by atoms with Gasteiger partial charge in [-0.15, -0.1) is 0 Å². The number of carbonyl (C=O) groups excluding carboxylic acids is 1. The molecule has 0 bridgehead atoms. The molecule has 3 N–H and O–H groups in total. The van der Waals surface area contributed by atoms with Crippen molar-refractivity contribution in [3.8, 4) is 11.1 Å². The van der Waals surface area contributed by atoms with Crippen molar-refractivity contribution in [1.29, 1.82) is 0 Å². The first-order valence-corrected chi connectivity index (χ1v) is 7.37. The molecule has 0 fully saturated rings. The van der Waals surface area contributed by atoms with E-state index < -0.39 is 0 Å². The highest BCUT2D eigenvalue weighted by Crippen LogP contribution is 2.20. The predicted molar refractivity (Wildman–Crippen MR) is 92.0 cm³/mol. The van der Waals surface area contributed by atoms with Crippen molar-refractivity contribution in [3.05, 3.63) is 84.2 Å². The van der Waals surface area contributed by atoms with Crippen molar-refractivity contribution < 1.29 is 4.79 Å². The second-order valence-corrected chi connectivity index (χ2v) is 5.17. The van der Waals surface area contributed by atoms with Crippen LogP contribution in [0.15, 0.2) is 73.1 Å². The van der Waals surface area contributed by atoms with Gasteiger partial charge < -0.3 is 11.1 Å². The Bertz CT molecular complexity index is 781. The van der Waals surface area contributed by atoms with Crippen molar-refractivity contribution in [2.24, 2.45) is 5.73 Å². The third-order valence-corrected chi connectivity index (χ3v) is 3.61. The molecule has 0 aliphatic carbocycles. The van der Waals surface area contributed by atoms with Crippen molar-refractivity contribution >= 4 is 11.6 Å². The lowest BCUT2D eigenvalue weighted by molar-refractivity contribution is 0.102. The molecule has 0 aliphatic heterocycles. The van der Waals surface area contributed by atoms with E-state index in [2.05, 4.69) is 10.3 Å². The molecule has 3 aromatic rings. The number of aromatic nitrogens is 1. The predicted octanol–water partition coefficient (Wildman–Crippen LogP) is 3.46. The topological polar surface area (TPSA) is 68.0 Å². The monoisotopic (exact) mass is 303 g/mol. The Labute approximate surface area is 135 Å². The molecule has 0 radical (unpaired) electrons. The Morgan fingerprint density at radius 2 is 1.48 bits per heavy atom. The summed E-state index contributed by atoms with van der Waals surface area (Å²) in [5, 5.41) is 2.89. The van der Waals surface area contributed by atoms with Crippen molar-refractivity contribution in [2.75, 3.05) is 5.32 Å². The molecule has 3 rings (SSSR count). The Balaban J connectivity index is 1.71. The number of anilines is 1. The third kappa shape index (κ3) is 3.62. The lowest BCUT2D eigenvalue weighted by Crippen LogP contribution is -2.12. The molecule has 0 saturated heterocycles. The fraction of sp³-hybridized carbons (Fsp3) is 0.0526. The molecular formula is C19H17N3O. The van der Waals surface area contributed by atoms with Crippen molar-refractivity contribution in [2.45, 2.75) is 6.54 Å². The van der Waals surface area contributed by atoms with Crippen LogP contribution in [0.4, 0.5) is 5.69 Å². The third-order valence-electron chi connectivity index (χ3n) is 3.61. The molecule has 0 aliphatic rings. The van der Waals surface area contributed by atoms with E-state index in [-0.39, 0.29) is 5.91 Å². The Hall–Kier alpha value is -2.98. The van der Waals surface area contributed by atoms with Gasteiger partial charge in [0.15, 0.2) is 0 Å². The van der Waals surface area contributed by atoms with Crippen LogP contribution in [0.25, 0.3) is 11.1 Å². The molecule has 0 spiro atoms. The van der Waals surface area contributed by atoms with E-state index in [1.54, 1.807) is 24.5 Å². The Morgan fingerprint density at radius 1 is 0.870 bits per heavy atom. The number of nitrogens with zero attached hydrogens (tertiary/aromatic N) is 1. The van der Waals surface area contributed by atoms with Gasteiger partial charge in [0.1, 0.15) is 0 Å². The fourth-order valence-corrected chi connectivity index (χ4v) is 2.29. The van der Waals surface area contributed by atoms with Crippen LogP contribution < -0.4 is 11.1 Å². The minimum atomic E-state index is -0.134. The number of pyridine rings is 1. The lowest BCUT2D eigenvalue weighted by Gasteiger charge is -2.07. The fourth-order valence-electron chi connectivity index (χ4n) is 2.29. The van der Waals surface area contributed by atoms with Gasteiger partial charge in [-0.3, -0.25) is 9.78 Å². The first-order chi connectivity index (χ1) is 11.3. The average Bonchev–Trinajstić information content (AvgIpc) is 2.63. The summed E-state index contributed by atoms with van der Waals surface area (Å²) in [6.07, 6.45) is 3.52. The molecule has 23 heavy (non-hydrogen) atoms. The minimum Gasteiger partial charge on any atom is -0.326 e. The van der Waals surface area contributed by atoms with Gasteiger partial charge in [-0.05, 0) is 53.1 Å². The molecule has 0 saturated carbocycles. The van der Waals surface area contributed by atoms with E-state index >= 15 is 0 Å². The summed E-state index contributed by atoms with van der Waals surface area (Å²) >= 11 is 0. The van der Waals surface area contributed by atoms with Gasteiger partial charge in [0.05, 0.1) is 0 Å². The van der Waals surface area contributed by atoms with Crippen molar-refractivity contribution in [3.63, 3.8) is 0 Å². The van der Waals surface area contributed by atoms with Crippen LogP contribution in [-0.2, 0) is 6.54 Å². The highest BCUT2D eigenvalue weighted by Gasteiger charge is 2.06. The number of amides is 1. The van der Waals surface area contributed by atoms with E-state index in [0.29, 0.717) is 12.1 Å². The first kappa shape index (κ1) is 14.9. The van der Waals surface area contributed by atoms with Gasteiger partial charge in [0.2, 0.25) is 0 Å². The molecule has 114 valence electrons. The van der Waals surface area contributed by atoms with Crippen LogP contribution in [0, 0.1) is 0 Å². The zero-order chi connectivity index (χ0) is 16.1. The maximum Gasteiger partial charge on any atom is 0.255 e. The number of nitrogens with one attached hydrogen (secondary N) is 1. The smallest absolute Gasteiger partial charge is 0.255 e. The number of rotatable bonds is 4. The van der Waals surface area contributed by atoms with Gasteiger partial charge in [-0.2, -0.15) is 0 Å². The summed E-state index contributed by atoms with van der Waals surface area (Å²) in [5.74, 6) is -0.134. The SMILES string of the molecule is NCc1ccc(C(=O)Nc2ccc(-c3ccncc3)cc2)cc1. The lowest BCUT2D eigenvalue weighted by atomic mass is 10.1. The zero-order valence-corrected chi connectivity index (χ0v) is 12.6. The molecule has 1 amide bonds. The van der Waals surface area contributed by atoms with Crippen molar-refractivity contribution in [1.82, 2.24) is 4.98 Å². The van der Waals surface area contributed by atoms with E-state index in [1.807, 2.05) is 48.5 Å². The van der Waals surface area contributed by atoms with Gasteiger partial charge in [0, 0.05) is 30.2 Å². The molecule has 0 unspecified atom stereocenters. The van der Waals surface area contributed by atoms with E-state index in [9.17, 15) is 4.79 Å². The molecule has 0 atom stereocenters. The van der Waals surface area contributed by atoms with Crippen LogP contribution in [0.3, 0.4) is 0 Å². The van der Waals surface area contributed by atoms with E-state index in [0.717, 1.165) is 22.4 Å². The van der Waals surface area contributed by atoms with Gasteiger partial charge in [0.25, 0.3) is 5.91 Å². The second-order valence-electron chi connectivity index (χ2n) is 5.17. The van der Waals surface area contributed by atoms with Crippen LogP contribution in [-0.4, -0.2) is 10.9 Å². The van der Waals surface area contributed by atoms with Crippen LogP contribution in [0.5, 0.6) is 0 Å². The number of hydrogen-bond donors (Lipinski definition) is 2. The average molecular weight is 303 g/mol. The number of benzene rings is 2. The summed E-state index contributed by atoms with van der Waals surface area (Å²) < 4.78 is 0. The highest BCUT2D eigenvalue weighted by atomic mass is 16.1. The number of carbonyl (C=O) groups is 1. The summed E-state index contributed by atoms with van der Waals surface area (Å²) in [7, 11) is 0. The maximum absolute atomic E-state index is 12.2. The summed E-state index contributed by atoms with van der Waals surface area (Å²) in [4.78, 5) is 16.2.